The van der Waals surface area contributed by atoms with E-state index in [1.165, 1.54) is 32.6 Å². The zero-order chi connectivity index (χ0) is 14.1. The summed E-state index contributed by atoms with van der Waals surface area (Å²) in [5.41, 5.74) is 5.69. The number of hydrogen-bond acceptors (Lipinski definition) is 4. The summed E-state index contributed by atoms with van der Waals surface area (Å²) < 4.78 is 5.66. The number of nitrogens with zero attached hydrogens (tertiary/aromatic N) is 2. The summed E-state index contributed by atoms with van der Waals surface area (Å²) in [6.45, 7) is 15.0. The molecule has 0 radical (unpaired) electrons. The maximum Gasteiger partial charge on any atom is 0.0593 e. The van der Waals surface area contributed by atoms with Crippen molar-refractivity contribution in [2.24, 2.45) is 11.7 Å². The fraction of sp³-hybridized carbons (Fsp3) is 1.00. The van der Waals surface area contributed by atoms with Crippen LogP contribution in [-0.2, 0) is 4.74 Å². The molecule has 19 heavy (non-hydrogen) atoms. The molecule has 114 valence electrons. The maximum atomic E-state index is 5.69. The van der Waals surface area contributed by atoms with Crippen LogP contribution in [0, 0.1) is 5.92 Å². The minimum atomic E-state index is 0.637. The summed E-state index contributed by atoms with van der Waals surface area (Å²) in [7, 11) is 0. The van der Waals surface area contributed by atoms with E-state index in [1.54, 1.807) is 0 Å². The molecule has 1 fully saturated rings. The molecule has 0 saturated carbocycles. The van der Waals surface area contributed by atoms with Gasteiger partial charge in [-0.15, -0.1) is 0 Å². The Kier molecular flexibility index (Phi) is 8.62. The summed E-state index contributed by atoms with van der Waals surface area (Å²) in [6.07, 6.45) is 2.35. The van der Waals surface area contributed by atoms with Gasteiger partial charge in [0.2, 0.25) is 0 Å². The van der Waals surface area contributed by atoms with Gasteiger partial charge in [-0.2, -0.15) is 0 Å². The van der Waals surface area contributed by atoms with Gasteiger partial charge in [-0.1, -0.05) is 20.8 Å². The van der Waals surface area contributed by atoms with Crippen molar-refractivity contribution in [3.05, 3.63) is 0 Å². The molecule has 1 saturated heterocycles. The fourth-order valence-corrected chi connectivity index (χ4v) is 2.70. The first kappa shape index (κ1) is 16.9. The van der Waals surface area contributed by atoms with Gasteiger partial charge in [0.25, 0.3) is 0 Å². The Balaban J connectivity index is 2.14. The lowest BCUT2D eigenvalue weighted by Gasteiger charge is -2.39. The summed E-state index contributed by atoms with van der Waals surface area (Å²) >= 11 is 0. The van der Waals surface area contributed by atoms with Crippen molar-refractivity contribution in [1.29, 1.82) is 0 Å². The van der Waals surface area contributed by atoms with Crippen molar-refractivity contribution in [2.75, 3.05) is 52.5 Å². The van der Waals surface area contributed by atoms with E-state index < -0.39 is 0 Å². The largest absolute Gasteiger partial charge is 0.380 e. The van der Waals surface area contributed by atoms with Crippen molar-refractivity contribution >= 4 is 0 Å². The molecule has 0 spiro atoms. The molecule has 0 aromatic rings. The first-order chi connectivity index (χ1) is 9.17. The number of rotatable bonds is 9. The molecule has 0 bridgehead atoms. The molecule has 2 N–H and O–H groups in total. The lowest BCUT2D eigenvalue weighted by atomic mass is 10.1. The number of nitrogens with two attached hydrogens (primary N) is 1. The zero-order valence-corrected chi connectivity index (χ0v) is 13.1. The molecule has 1 atom stereocenters. The molecular weight excluding hydrogens is 238 g/mol. The predicted octanol–water partition coefficient (Wildman–Crippen LogP) is 1.40. The highest BCUT2D eigenvalue weighted by Gasteiger charge is 2.21. The summed E-state index contributed by atoms with van der Waals surface area (Å²) in [4.78, 5) is 5.13. The van der Waals surface area contributed by atoms with E-state index in [2.05, 4.69) is 30.6 Å². The van der Waals surface area contributed by atoms with E-state index in [1.807, 2.05) is 0 Å². The van der Waals surface area contributed by atoms with Gasteiger partial charge in [-0.05, 0) is 25.3 Å². The zero-order valence-electron chi connectivity index (χ0n) is 13.1. The minimum absolute atomic E-state index is 0.637. The Morgan fingerprint density at radius 2 is 1.84 bits per heavy atom. The van der Waals surface area contributed by atoms with Crippen LogP contribution in [-0.4, -0.2) is 68.3 Å². The van der Waals surface area contributed by atoms with Crippen LogP contribution in [0.1, 0.15) is 33.6 Å². The van der Waals surface area contributed by atoms with Crippen LogP contribution < -0.4 is 5.73 Å². The number of hydrogen-bond donors (Lipinski definition) is 1. The number of ether oxygens (including phenoxy) is 1. The highest BCUT2D eigenvalue weighted by Crippen LogP contribution is 2.11. The van der Waals surface area contributed by atoms with Gasteiger partial charge < -0.3 is 10.5 Å². The lowest BCUT2D eigenvalue weighted by Crippen LogP contribution is -2.51. The van der Waals surface area contributed by atoms with Gasteiger partial charge in [0, 0.05) is 45.4 Å². The van der Waals surface area contributed by atoms with Crippen molar-refractivity contribution in [3.63, 3.8) is 0 Å². The van der Waals surface area contributed by atoms with Gasteiger partial charge in [0.1, 0.15) is 0 Å². The smallest absolute Gasteiger partial charge is 0.0593 e. The summed E-state index contributed by atoms with van der Waals surface area (Å²) in [6, 6.07) is 0.685. The van der Waals surface area contributed by atoms with Crippen LogP contribution in [0.25, 0.3) is 0 Å². The standard InChI is InChI=1S/C15H33N3O/c1-4-15(5-6-16)18-9-7-17(8-10-18)11-12-19-13-14(2)3/h14-15H,4-13,16H2,1-3H3. The van der Waals surface area contributed by atoms with E-state index in [0.717, 1.165) is 32.7 Å². The highest BCUT2D eigenvalue weighted by atomic mass is 16.5. The Hall–Kier alpha value is -0.160. The SMILES string of the molecule is CCC(CCN)N1CCN(CCOCC(C)C)CC1. The Bertz CT molecular complexity index is 215. The van der Waals surface area contributed by atoms with Gasteiger partial charge in [0.15, 0.2) is 0 Å². The lowest BCUT2D eigenvalue weighted by molar-refractivity contribution is 0.0515. The van der Waals surface area contributed by atoms with Crippen molar-refractivity contribution in [2.45, 2.75) is 39.7 Å². The van der Waals surface area contributed by atoms with Crippen molar-refractivity contribution in [3.8, 4) is 0 Å². The van der Waals surface area contributed by atoms with Crippen LogP contribution in [0.5, 0.6) is 0 Å². The normalized spacial score (nSPS) is 20.1. The minimum Gasteiger partial charge on any atom is -0.380 e. The monoisotopic (exact) mass is 271 g/mol. The van der Waals surface area contributed by atoms with E-state index in [9.17, 15) is 0 Å². The van der Waals surface area contributed by atoms with E-state index in [-0.39, 0.29) is 0 Å². The van der Waals surface area contributed by atoms with Gasteiger partial charge in [-0.3, -0.25) is 9.80 Å². The maximum absolute atomic E-state index is 5.69. The van der Waals surface area contributed by atoms with E-state index in [0.29, 0.717) is 12.0 Å². The predicted molar refractivity (Wildman–Crippen MR) is 81.4 cm³/mol. The third-order valence-corrected chi connectivity index (χ3v) is 3.90. The first-order valence-corrected chi connectivity index (χ1v) is 7.91. The van der Waals surface area contributed by atoms with Crippen LogP contribution in [0.4, 0.5) is 0 Å². The Morgan fingerprint density at radius 3 is 2.37 bits per heavy atom. The van der Waals surface area contributed by atoms with Crippen LogP contribution in [0.2, 0.25) is 0 Å². The van der Waals surface area contributed by atoms with E-state index >= 15 is 0 Å². The van der Waals surface area contributed by atoms with Gasteiger partial charge in [-0.25, -0.2) is 0 Å². The summed E-state index contributed by atoms with van der Waals surface area (Å²) in [5.74, 6) is 0.637. The third kappa shape index (κ3) is 6.70. The third-order valence-electron chi connectivity index (χ3n) is 3.90. The number of piperazine rings is 1. The molecule has 1 heterocycles. The molecule has 0 aromatic heterocycles. The fourth-order valence-electron chi connectivity index (χ4n) is 2.70. The molecule has 0 amide bonds. The van der Waals surface area contributed by atoms with Gasteiger partial charge in [0.05, 0.1) is 6.61 Å². The molecule has 1 aliphatic heterocycles. The molecule has 1 unspecified atom stereocenters. The topological polar surface area (TPSA) is 41.7 Å². The molecule has 1 rings (SSSR count). The first-order valence-electron chi connectivity index (χ1n) is 7.91. The Labute approximate surface area is 119 Å². The second-order valence-electron chi connectivity index (χ2n) is 5.99. The van der Waals surface area contributed by atoms with Crippen molar-refractivity contribution < 1.29 is 4.74 Å². The van der Waals surface area contributed by atoms with Gasteiger partial charge >= 0.3 is 0 Å². The van der Waals surface area contributed by atoms with Crippen LogP contribution in [0.3, 0.4) is 0 Å². The summed E-state index contributed by atoms with van der Waals surface area (Å²) in [5, 5.41) is 0. The molecule has 0 aromatic carbocycles. The second kappa shape index (κ2) is 9.70. The average Bonchev–Trinajstić information content (AvgIpc) is 2.41. The second-order valence-corrected chi connectivity index (χ2v) is 5.99. The molecule has 4 heteroatoms. The highest BCUT2D eigenvalue weighted by molar-refractivity contribution is 4.78. The molecule has 4 nitrogen and oxygen atoms in total. The van der Waals surface area contributed by atoms with E-state index in [4.69, 9.17) is 10.5 Å². The molecule has 1 aliphatic rings. The Morgan fingerprint density at radius 1 is 1.16 bits per heavy atom. The van der Waals surface area contributed by atoms with Crippen LogP contribution in [0.15, 0.2) is 0 Å². The quantitative estimate of drug-likeness (QED) is 0.644. The molecule has 0 aliphatic carbocycles. The van der Waals surface area contributed by atoms with Crippen molar-refractivity contribution in [1.82, 2.24) is 9.80 Å². The average molecular weight is 271 g/mol. The molecular formula is C15H33N3O. The van der Waals surface area contributed by atoms with Crippen LogP contribution >= 0.6 is 0 Å².